The number of aryl methyl sites for hydroxylation is 1. The van der Waals surface area contributed by atoms with Crippen molar-refractivity contribution in [2.45, 2.75) is 19.3 Å². The van der Waals surface area contributed by atoms with Crippen molar-refractivity contribution in [2.75, 3.05) is 0 Å². The summed E-state index contributed by atoms with van der Waals surface area (Å²) in [4.78, 5) is 4.17. The highest BCUT2D eigenvalue weighted by molar-refractivity contribution is 6.31. The minimum atomic E-state index is 0.439. The van der Waals surface area contributed by atoms with E-state index in [-0.39, 0.29) is 0 Å². The maximum Gasteiger partial charge on any atom is 0.0953 e. The summed E-state index contributed by atoms with van der Waals surface area (Å²) in [6, 6.07) is 6.06. The van der Waals surface area contributed by atoms with Crippen LogP contribution in [0.5, 0.6) is 0 Å². The summed E-state index contributed by atoms with van der Waals surface area (Å²) in [5.74, 6) is 0.439. The molecule has 0 saturated heterocycles. The van der Waals surface area contributed by atoms with E-state index < -0.39 is 0 Å². The van der Waals surface area contributed by atoms with E-state index in [4.69, 9.17) is 23.2 Å². The molecule has 4 heteroatoms. The van der Waals surface area contributed by atoms with Crippen LogP contribution in [-0.2, 0) is 12.4 Å². The molecular weight excluding hydrogens is 243 g/mol. The van der Waals surface area contributed by atoms with Crippen LogP contribution in [0.1, 0.15) is 16.8 Å². The zero-order chi connectivity index (χ0) is 11.5. The highest BCUT2D eigenvalue weighted by Crippen LogP contribution is 2.18. The van der Waals surface area contributed by atoms with E-state index in [0.29, 0.717) is 5.88 Å². The molecule has 0 aliphatic heterocycles. The van der Waals surface area contributed by atoms with Crippen molar-refractivity contribution in [1.82, 2.24) is 9.55 Å². The number of alkyl halides is 1. The molecule has 0 aliphatic carbocycles. The summed E-state index contributed by atoms with van der Waals surface area (Å²) in [6.07, 6.45) is 3.71. The molecule has 0 unspecified atom stereocenters. The molecule has 1 heterocycles. The average Bonchev–Trinajstić information content (AvgIpc) is 2.70. The van der Waals surface area contributed by atoms with Gasteiger partial charge in [-0.25, -0.2) is 4.98 Å². The lowest BCUT2D eigenvalue weighted by Gasteiger charge is -2.05. The van der Waals surface area contributed by atoms with Crippen molar-refractivity contribution in [2.24, 2.45) is 0 Å². The number of benzene rings is 1. The minimum Gasteiger partial charge on any atom is -0.333 e. The van der Waals surface area contributed by atoms with Gasteiger partial charge >= 0.3 is 0 Å². The molecule has 0 aliphatic rings. The second-order valence-corrected chi connectivity index (χ2v) is 4.44. The summed E-state index contributed by atoms with van der Waals surface area (Å²) < 4.78 is 1.98. The molecule has 1 aromatic carbocycles. The Morgan fingerprint density at radius 1 is 1.38 bits per heavy atom. The van der Waals surface area contributed by atoms with Crippen molar-refractivity contribution in [3.63, 3.8) is 0 Å². The third-order valence-electron chi connectivity index (χ3n) is 2.39. The fraction of sp³-hybridized carbons (Fsp3) is 0.250. The molecule has 0 bridgehead atoms. The third-order valence-corrected chi connectivity index (χ3v) is 3.01. The molecule has 16 heavy (non-hydrogen) atoms. The van der Waals surface area contributed by atoms with Crippen molar-refractivity contribution in [1.29, 1.82) is 0 Å². The first-order chi connectivity index (χ1) is 7.69. The van der Waals surface area contributed by atoms with E-state index in [0.717, 1.165) is 22.8 Å². The Morgan fingerprint density at radius 3 is 2.81 bits per heavy atom. The molecule has 2 nitrogen and oxygen atoms in total. The van der Waals surface area contributed by atoms with Gasteiger partial charge in [-0.1, -0.05) is 23.7 Å². The van der Waals surface area contributed by atoms with Crippen LogP contribution in [0.2, 0.25) is 5.02 Å². The number of rotatable bonds is 3. The molecular formula is C12H12Cl2N2. The van der Waals surface area contributed by atoms with Gasteiger partial charge in [-0.05, 0) is 24.1 Å². The van der Waals surface area contributed by atoms with Gasteiger partial charge in [0.15, 0.2) is 0 Å². The summed E-state index contributed by atoms with van der Waals surface area (Å²) in [6.45, 7) is 2.75. The Balaban J connectivity index is 2.20. The van der Waals surface area contributed by atoms with Gasteiger partial charge < -0.3 is 4.57 Å². The summed E-state index contributed by atoms with van der Waals surface area (Å²) in [7, 11) is 0. The van der Waals surface area contributed by atoms with Gasteiger partial charge in [0.05, 0.1) is 17.9 Å². The van der Waals surface area contributed by atoms with Gasteiger partial charge in [0, 0.05) is 17.8 Å². The first-order valence-electron chi connectivity index (χ1n) is 5.00. The SMILES string of the molecule is Cc1ccc(Cn2cnc(CCl)c2)c(Cl)c1. The zero-order valence-corrected chi connectivity index (χ0v) is 10.5. The molecule has 0 saturated carbocycles. The van der Waals surface area contributed by atoms with Crippen LogP contribution in [0.3, 0.4) is 0 Å². The van der Waals surface area contributed by atoms with E-state index in [2.05, 4.69) is 11.1 Å². The number of aromatic nitrogens is 2. The Bertz CT molecular complexity index is 492. The van der Waals surface area contributed by atoms with Gasteiger partial charge in [-0.3, -0.25) is 0 Å². The Morgan fingerprint density at radius 2 is 2.19 bits per heavy atom. The molecule has 0 atom stereocenters. The molecule has 0 amide bonds. The van der Waals surface area contributed by atoms with E-state index >= 15 is 0 Å². The van der Waals surface area contributed by atoms with Gasteiger partial charge in [0.25, 0.3) is 0 Å². The van der Waals surface area contributed by atoms with Crippen LogP contribution < -0.4 is 0 Å². The van der Waals surface area contributed by atoms with Crippen molar-refractivity contribution >= 4 is 23.2 Å². The summed E-state index contributed by atoms with van der Waals surface area (Å²) in [5, 5.41) is 0.793. The van der Waals surface area contributed by atoms with Crippen molar-refractivity contribution < 1.29 is 0 Å². The largest absolute Gasteiger partial charge is 0.333 e. The number of hydrogen-bond acceptors (Lipinski definition) is 1. The molecule has 1 aromatic heterocycles. The third kappa shape index (κ3) is 2.57. The topological polar surface area (TPSA) is 17.8 Å². The molecule has 0 N–H and O–H groups in total. The highest BCUT2D eigenvalue weighted by Gasteiger charge is 2.02. The number of imidazole rings is 1. The predicted octanol–water partition coefficient (Wildman–Crippen LogP) is 3.63. The Labute approximate surface area is 105 Å². The summed E-state index contributed by atoms with van der Waals surface area (Å²) in [5.41, 5.74) is 3.14. The van der Waals surface area contributed by atoms with E-state index in [1.165, 1.54) is 5.56 Å². The smallest absolute Gasteiger partial charge is 0.0953 e. The number of hydrogen-bond donors (Lipinski definition) is 0. The van der Waals surface area contributed by atoms with E-state index in [1.54, 1.807) is 6.33 Å². The quantitative estimate of drug-likeness (QED) is 0.766. The van der Waals surface area contributed by atoms with Crippen molar-refractivity contribution in [3.8, 4) is 0 Å². The average molecular weight is 255 g/mol. The van der Waals surface area contributed by atoms with Gasteiger partial charge in [0.2, 0.25) is 0 Å². The van der Waals surface area contributed by atoms with Crippen LogP contribution >= 0.6 is 23.2 Å². The lowest BCUT2D eigenvalue weighted by Crippen LogP contribution is -1.97. The van der Waals surface area contributed by atoms with Gasteiger partial charge in [-0.2, -0.15) is 0 Å². The lowest BCUT2D eigenvalue weighted by molar-refractivity contribution is 0.796. The van der Waals surface area contributed by atoms with Crippen LogP contribution in [0, 0.1) is 6.92 Å². The lowest BCUT2D eigenvalue weighted by atomic mass is 10.1. The molecule has 84 valence electrons. The van der Waals surface area contributed by atoms with E-state index in [1.807, 2.05) is 29.8 Å². The molecule has 2 rings (SSSR count). The standard InChI is InChI=1S/C12H12Cl2N2/c1-9-2-3-10(12(14)4-9)6-16-7-11(5-13)15-8-16/h2-4,7-8H,5-6H2,1H3. The normalized spacial score (nSPS) is 10.7. The van der Waals surface area contributed by atoms with E-state index in [9.17, 15) is 0 Å². The first kappa shape index (κ1) is 11.5. The van der Waals surface area contributed by atoms with Crippen LogP contribution in [-0.4, -0.2) is 9.55 Å². The second kappa shape index (κ2) is 4.89. The molecule has 0 spiro atoms. The Kier molecular flexibility index (Phi) is 3.52. The zero-order valence-electron chi connectivity index (χ0n) is 8.95. The maximum atomic E-state index is 6.16. The fourth-order valence-corrected chi connectivity index (χ4v) is 1.97. The molecule has 0 radical (unpaired) electrons. The number of halogens is 2. The van der Waals surface area contributed by atoms with Crippen LogP contribution in [0.15, 0.2) is 30.7 Å². The highest BCUT2D eigenvalue weighted by atomic mass is 35.5. The first-order valence-corrected chi connectivity index (χ1v) is 5.92. The van der Waals surface area contributed by atoms with Crippen LogP contribution in [0.4, 0.5) is 0 Å². The molecule has 2 aromatic rings. The van der Waals surface area contributed by atoms with Gasteiger partial charge in [-0.15, -0.1) is 11.6 Å². The fourth-order valence-electron chi connectivity index (χ4n) is 1.54. The van der Waals surface area contributed by atoms with Crippen molar-refractivity contribution in [3.05, 3.63) is 52.6 Å². The monoisotopic (exact) mass is 254 g/mol. The Hall–Kier alpha value is -0.990. The maximum absolute atomic E-state index is 6.16. The van der Waals surface area contributed by atoms with Gasteiger partial charge in [0.1, 0.15) is 0 Å². The molecule has 0 fully saturated rings. The van der Waals surface area contributed by atoms with Crippen LogP contribution in [0.25, 0.3) is 0 Å². The summed E-state index contributed by atoms with van der Waals surface area (Å²) >= 11 is 11.9. The predicted molar refractivity (Wildman–Crippen MR) is 67.1 cm³/mol. The second-order valence-electron chi connectivity index (χ2n) is 3.77. The number of nitrogens with zero attached hydrogens (tertiary/aromatic N) is 2. The minimum absolute atomic E-state index is 0.439.